The zero-order chi connectivity index (χ0) is 14.4. The smallest absolute Gasteiger partial charge is 0.241 e. The first-order valence-electron chi connectivity index (χ1n) is 7.11. The van der Waals surface area contributed by atoms with Gasteiger partial charge in [0.05, 0.1) is 17.4 Å². The van der Waals surface area contributed by atoms with Crippen LogP contribution in [0.1, 0.15) is 19.3 Å². The molecule has 1 amide bonds. The Balaban J connectivity index is 2.03. The number of hydrogen-bond donors (Lipinski definition) is 2. The highest BCUT2D eigenvalue weighted by molar-refractivity contribution is 7.98. The van der Waals surface area contributed by atoms with Crippen LogP contribution in [0.25, 0.3) is 0 Å². The standard InChI is InChI=1S/C15H23N3OS/c1-20-11-8-12(16)15(19)17-13-6-2-3-7-14(13)18-9-4-5-10-18/h2-3,6-7,12H,4-5,8-11,16H2,1H3,(H,17,19)/t12-/m1/s1. The minimum absolute atomic E-state index is 0.0919. The molecule has 0 saturated carbocycles. The summed E-state index contributed by atoms with van der Waals surface area (Å²) in [5.41, 5.74) is 7.90. The van der Waals surface area contributed by atoms with E-state index in [0.717, 1.165) is 30.2 Å². The molecule has 0 aliphatic carbocycles. The van der Waals surface area contributed by atoms with Crippen LogP contribution in [0.15, 0.2) is 24.3 Å². The van der Waals surface area contributed by atoms with Gasteiger partial charge >= 0.3 is 0 Å². The second kappa shape index (κ2) is 7.55. The van der Waals surface area contributed by atoms with Gasteiger partial charge in [0, 0.05) is 13.1 Å². The summed E-state index contributed by atoms with van der Waals surface area (Å²) in [4.78, 5) is 14.4. The zero-order valence-electron chi connectivity index (χ0n) is 12.0. The molecule has 1 atom stereocenters. The Morgan fingerprint density at radius 1 is 1.40 bits per heavy atom. The topological polar surface area (TPSA) is 58.4 Å². The van der Waals surface area contributed by atoms with Crippen LogP contribution in [0, 0.1) is 0 Å². The molecular formula is C15H23N3OS. The molecule has 1 aromatic rings. The second-order valence-electron chi connectivity index (χ2n) is 5.09. The van der Waals surface area contributed by atoms with Gasteiger partial charge in [0.15, 0.2) is 0 Å². The molecule has 0 aromatic heterocycles. The first-order chi connectivity index (χ1) is 9.72. The third-order valence-electron chi connectivity index (χ3n) is 3.58. The number of anilines is 2. The number of benzene rings is 1. The predicted molar refractivity (Wildman–Crippen MR) is 87.5 cm³/mol. The van der Waals surface area contributed by atoms with Crippen molar-refractivity contribution in [3.63, 3.8) is 0 Å². The van der Waals surface area contributed by atoms with Gasteiger partial charge in [0.25, 0.3) is 0 Å². The van der Waals surface area contributed by atoms with Gasteiger partial charge in [-0.05, 0) is 43.4 Å². The lowest BCUT2D eigenvalue weighted by molar-refractivity contribution is -0.117. The van der Waals surface area contributed by atoms with E-state index in [4.69, 9.17) is 5.73 Å². The number of carbonyl (C=O) groups excluding carboxylic acids is 1. The summed E-state index contributed by atoms with van der Waals surface area (Å²) in [5.74, 6) is 0.813. The normalized spacial score (nSPS) is 16.2. The molecule has 0 radical (unpaired) electrons. The molecule has 0 unspecified atom stereocenters. The largest absolute Gasteiger partial charge is 0.370 e. The fraction of sp³-hybridized carbons (Fsp3) is 0.533. The number of rotatable bonds is 6. The summed E-state index contributed by atoms with van der Waals surface area (Å²) in [6.07, 6.45) is 5.16. The summed E-state index contributed by atoms with van der Waals surface area (Å²) in [6.45, 7) is 2.12. The quantitative estimate of drug-likeness (QED) is 0.845. The molecular weight excluding hydrogens is 270 g/mol. The highest BCUT2D eigenvalue weighted by atomic mass is 32.2. The number of carbonyl (C=O) groups is 1. The fourth-order valence-electron chi connectivity index (χ4n) is 2.41. The second-order valence-corrected chi connectivity index (χ2v) is 6.07. The summed E-state index contributed by atoms with van der Waals surface area (Å²) in [5, 5.41) is 2.98. The lowest BCUT2D eigenvalue weighted by atomic mass is 10.2. The number of nitrogens with one attached hydrogen (secondary N) is 1. The van der Waals surface area contributed by atoms with Crippen molar-refractivity contribution in [3.8, 4) is 0 Å². The van der Waals surface area contributed by atoms with Crippen LogP contribution in [-0.4, -0.2) is 37.0 Å². The third kappa shape index (κ3) is 3.90. The van der Waals surface area contributed by atoms with Crippen molar-refractivity contribution >= 4 is 29.0 Å². The Morgan fingerprint density at radius 2 is 2.10 bits per heavy atom. The Bertz CT molecular complexity index is 446. The summed E-state index contributed by atoms with van der Waals surface area (Å²) >= 11 is 1.71. The van der Waals surface area contributed by atoms with Crippen LogP contribution in [0.5, 0.6) is 0 Å². The maximum atomic E-state index is 12.1. The number of hydrogen-bond acceptors (Lipinski definition) is 4. The molecule has 4 nitrogen and oxygen atoms in total. The molecule has 0 spiro atoms. The molecule has 5 heteroatoms. The lowest BCUT2D eigenvalue weighted by Gasteiger charge is -2.22. The number of para-hydroxylation sites is 2. The van der Waals surface area contributed by atoms with Gasteiger partial charge in [0.2, 0.25) is 5.91 Å². The van der Waals surface area contributed by atoms with Gasteiger partial charge in [-0.3, -0.25) is 4.79 Å². The maximum Gasteiger partial charge on any atom is 0.241 e. The highest BCUT2D eigenvalue weighted by Gasteiger charge is 2.18. The highest BCUT2D eigenvalue weighted by Crippen LogP contribution is 2.28. The molecule has 2 rings (SSSR count). The Kier molecular flexibility index (Phi) is 5.73. The van der Waals surface area contributed by atoms with E-state index in [2.05, 4.69) is 16.3 Å². The van der Waals surface area contributed by atoms with Crippen LogP contribution in [-0.2, 0) is 4.79 Å². The molecule has 1 heterocycles. The molecule has 1 saturated heterocycles. The Morgan fingerprint density at radius 3 is 2.80 bits per heavy atom. The van der Waals surface area contributed by atoms with Gasteiger partial charge in [-0.2, -0.15) is 11.8 Å². The van der Waals surface area contributed by atoms with Crippen LogP contribution < -0.4 is 16.0 Å². The van der Waals surface area contributed by atoms with Gasteiger partial charge in [0.1, 0.15) is 0 Å². The summed E-state index contributed by atoms with van der Waals surface area (Å²) in [7, 11) is 0. The van der Waals surface area contributed by atoms with Gasteiger partial charge in [-0.15, -0.1) is 0 Å². The Hall–Kier alpha value is -1.20. The van der Waals surface area contributed by atoms with Gasteiger partial charge in [-0.1, -0.05) is 12.1 Å². The van der Waals surface area contributed by atoms with Gasteiger partial charge in [-0.25, -0.2) is 0 Å². The fourth-order valence-corrected chi connectivity index (χ4v) is 2.90. The SMILES string of the molecule is CSCC[C@@H](N)C(=O)Nc1ccccc1N1CCCC1. The van der Waals surface area contributed by atoms with E-state index in [9.17, 15) is 4.79 Å². The first-order valence-corrected chi connectivity index (χ1v) is 8.51. The zero-order valence-corrected chi connectivity index (χ0v) is 12.8. The molecule has 1 fully saturated rings. The maximum absolute atomic E-state index is 12.1. The average molecular weight is 293 g/mol. The minimum atomic E-state index is -0.436. The van der Waals surface area contributed by atoms with Crippen LogP contribution in [0.2, 0.25) is 0 Å². The molecule has 3 N–H and O–H groups in total. The molecule has 110 valence electrons. The van der Waals surface area contributed by atoms with Crippen molar-refractivity contribution in [2.24, 2.45) is 5.73 Å². The monoisotopic (exact) mass is 293 g/mol. The lowest BCUT2D eigenvalue weighted by Crippen LogP contribution is -2.36. The van der Waals surface area contributed by atoms with Crippen molar-refractivity contribution in [2.45, 2.75) is 25.3 Å². The molecule has 1 aromatic carbocycles. The third-order valence-corrected chi connectivity index (χ3v) is 4.22. The number of amides is 1. The van der Waals surface area contributed by atoms with E-state index in [-0.39, 0.29) is 5.91 Å². The van der Waals surface area contributed by atoms with Crippen LogP contribution >= 0.6 is 11.8 Å². The summed E-state index contributed by atoms with van der Waals surface area (Å²) < 4.78 is 0. The van der Waals surface area contributed by atoms with Crippen LogP contribution in [0.3, 0.4) is 0 Å². The van der Waals surface area contributed by atoms with Crippen LogP contribution in [0.4, 0.5) is 11.4 Å². The van der Waals surface area contributed by atoms with Gasteiger partial charge < -0.3 is 16.0 Å². The van der Waals surface area contributed by atoms with Crippen molar-refractivity contribution < 1.29 is 4.79 Å². The van der Waals surface area contributed by atoms with Crippen molar-refractivity contribution in [1.29, 1.82) is 0 Å². The van der Waals surface area contributed by atoms with E-state index < -0.39 is 6.04 Å². The van der Waals surface area contributed by atoms with E-state index in [0.29, 0.717) is 6.42 Å². The molecule has 1 aliphatic heterocycles. The number of thioether (sulfide) groups is 1. The van der Waals surface area contributed by atoms with Crippen molar-refractivity contribution in [2.75, 3.05) is 35.3 Å². The summed E-state index contributed by atoms with van der Waals surface area (Å²) in [6, 6.07) is 7.54. The minimum Gasteiger partial charge on any atom is -0.370 e. The van der Waals surface area contributed by atoms with E-state index >= 15 is 0 Å². The Labute approximate surface area is 125 Å². The van der Waals surface area contributed by atoms with Crippen molar-refractivity contribution in [3.05, 3.63) is 24.3 Å². The number of nitrogens with zero attached hydrogens (tertiary/aromatic N) is 1. The van der Waals surface area contributed by atoms with E-state index in [1.54, 1.807) is 11.8 Å². The molecule has 0 bridgehead atoms. The molecule has 1 aliphatic rings. The van der Waals surface area contributed by atoms with Crippen molar-refractivity contribution in [1.82, 2.24) is 0 Å². The number of nitrogens with two attached hydrogens (primary N) is 1. The first kappa shape index (κ1) is 15.2. The molecule has 20 heavy (non-hydrogen) atoms. The average Bonchev–Trinajstić information content (AvgIpc) is 2.99. The van der Waals surface area contributed by atoms with E-state index in [1.807, 2.05) is 24.5 Å². The van der Waals surface area contributed by atoms with E-state index in [1.165, 1.54) is 12.8 Å². The predicted octanol–water partition coefficient (Wildman–Crippen LogP) is 2.31.